The average Bonchev–Trinajstić information content (AvgIpc) is 3.33. The van der Waals surface area contributed by atoms with Crippen LogP contribution in [0.2, 0.25) is 0 Å². The summed E-state index contributed by atoms with van der Waals surface area (Å²) >= 11 is 0. The van der Waals surface area contributed by atoms with Crippen LogP contribution in [0.25, 0.3) is 0 Å². The van der Waals surface area contributed by atoms with E-state index in [0.29, 0.717) is 12.8 Å². The van der Waals surface area contributed by atoms with Gasteiger partial charge in [0.2, 0.25) is 5.91 Å². The highest BCUT2D eigenvalue weighted by atomic mass is 32.2. The normalized spacial score (nSPS) is 29.0. The molecule has 0 unspecified atom stereocenters. The minimum Gasteiger partial charge on any atom is -0.340 e. The number of rotatable bonds is 5. The van der Waals surface area contributed by atoms with Crippen molar-refractivity contribution in [1.29, 1.82) is 0 Å². The SMILES string of the molecule is Cc1nn([C@@H]2CCS(=O)(=O)C2)c(C)c1CN(C)C(=O)CN1C(=O)N[C@@]2(CCCC[C@@H]2C)C1=O. The van der Waals surface area contributed by atoms with Crippen LogP contribution in [0.15, 0.2) is 0 Å². The number of amides is 4. The zero-order valence-corrected chi connectivity index (χ0v) is 20.6. The molecule has 3 aliphatic rings. The van der Waals surface area contributed by atoms with Crippen molar-refractivity contribution in [2.45, 2.75) is 71.0 Å². The third-order valence-electron chi connectivity index (χ3n) is 7.64. The fourth-order valence-electron chi connectivity index (χ4n) is 5.47. The van der Waals surface area contributed by atoms with Gasteiger partial charge in [-0.15, -0.1) is 0 Å². The van der Waals surface area contributed by atoms with Crippen molar-refractivity contribution in [3.63, 3.8) is 0 Å². The molecule has 4 amide bonds. The molecule has 10 nitrogen and oxygen atoms in total. The molecule has 2 saturated heterocycles. The molecule has 3 fully saturated rings. The summed E-state index contributed by atoms with van der Waals surface area (Å²) in [6.07, 6.45) is 3.92. The lowest BCUT2D eigenvalue weighted by molar-refractivity contribution is -0.140. The Hall–Kier alpha value is -2.43. The van der Waals surface area contributed by atoms with Crippen LogP contribution in [-0.4, -0.2) is 76.5 Å². The Morgan fingerprint density at radius 3 is 2.61 bits per heavy atom. The van der Waals surface area contributed by atoms with E-state index >= 15 is 0 Å². The van der Waals surface area contributed by atoms with Gasteiger partial charge >= 0.3 is 6.03 Å². The lowest BCUT2D eigenvalue weighted by atomic mass is 9.73. The van der Waals surface area contributed by atoms with E-state index < -0.39 is 21.4 Å². The van der Waals surface area contributed by atoms with Crippen LogP contribution in [0.1, 0.15) is 62.0 Å². The molecule has 1 saturated carbocycles. The first-order valence-corrected chi connectivity index (χ1v) is 13.4. The predicted octanol–water partition coefficient (Wildman–Crippen LogP) is 1.32. The Labute approximate surface area is 194 Å². The summed E-state index contributed by atoms with van der Waals surface area (Å²) in [6, 6.07) is -0.693. The maximum atomic E-state index is 13.1. The number of carbonyl (C=O) groups excluding carboxylic acids is 3. The maximum absolute atomic E-state index is 13.1. The molecule has 4 rings (SSSR count). The van der Waals surface area contributed by atoms with Crippen molar-refractivity contribution >= 4 is 27.7 Å². The van der Waals surface area contributed by atoms with Gasteiger partial charge in [-0.3, -0.25) is 19.2 Å². The summed E-state index contributed by atoms with van der Waals surface area (Å²) in [4.78, 5) is 41.2. The molecule has 0 radical (unpaired) electrons. The van der Waals surface area contributed by atoms with Crippen LogP contribution >= 0.6 is 0 Å². The molecule has 1 aromatic heterocycles. The summed E-state index contributed by atoms with van der Waals surface area (Å²) < 4.78 is 25.5. The molecular formula is C22H33N5O5S. The van der Waals surface area contributed by atoms with Gasteiger partial charge in [0.15, 0.2) is 9.84 Å². The molecule has 0 aromatic carbocycles. The molecule has 3 heterocycles. The second-order valence-corrected chi connectivity index (χ2v) is 12.1. The van der Waals surface area contributed by atoms with E-state index in [1.54, 1.807) is 11.7 Å². The number of hydrogen-bond acceptors (Lipinski definition) is 6. The molecule has 1 aliphatic carbocycles. The number of carbonyl (C=O) groups is 3. The fourth-order valence-corrected chi connectivity index (χ4v) is 7.16. The second-order valence-electron chi connectivity index (χ2n) is 9.84. The van der Waals surface area contributed by atoms with Gasteiger partial charge in [0, 0.05) is 24.8 Å². The van der Waals surface area contributed by atoms with Gasteiger partial charge in [-0.1, -0.05) is 19.8 Å². The van der Waals surface area contributed by atoms with Crippen LogP contribution in [0.5, 0.6) is 0 Å². The molecule has 11 heteroatoms. The quantitative estimate of drug-likeness (QED) is 0.636. The van der Waals surface area contributed by atoms with E-state index in [0.717, 1.165) is 41.1 Å². The Balaban J connectivity index is 1.44. The monoisotopic (exact) mass is 479 g/mol. The van der Waals surface area contributed by atoms with Crippen molar-refractivity contribution in [1.82, 2.24) is 24.9 Å². The van der Waals surface area contributed by atoms with Gasteiger partial charge in [0.05, 0.1) is 23.2 Å². The van der Waals surface area contributed by atoms with Crippen molar-refractivity contribution in [2.24, 2.45) is 5.92 Å². The first-order valence-electron chi connectivity index (χ1n) is 11.6. The first kappa shape index (κ1) is 23.7. The van der Waals surface area contributed by atoms with E-state index in [2.05, 4.69) is 10.4 Å². The summed E-state index contributed by atoms with van der Waals surface area (Å²) in [5, 5.41) is 7.43. The maximum Gasteiger partial charge on any atom is 0.325 e. The number of hydrogen-bond donors (Lipinski definition) is 1. The minimum absolute atomic E-state index is 0.0380. The second kappa shape index (κ2) is 8.41. The number of nitrogens with zero attached hydrogens (tertiary/aromatic N) is 4. The Kier molecular flexibility index (Phi) is 6.05. The molecule has 182 valence electrons. The number of sulfone groups is 1. The molecule has 1 spiro atoms. The van der Waals surface area contributed by atoms with Crippen LogP contribution in [0, 0.1) is 19.8 Å². The van der Waals surface area contributed by atoms with Crippen LogP contribution < -0.4 is 5.32 Å². The average molecular weight is 480 g/mol. The smallest absolute Gasteiger partial charge is 0.325 e. The van der Waals surface area contributed by atoms with Gasteiger partial charge in [-0.25, -0.2) is 13.2 Å². The van der Waals surface area contributed by atoms with E-state index in [1.807, 2.05) is 20.8 Å². The highest BCUT2D eigenvalue weighted by Gasteiger charge is 2.55. The van der Waals surface area contributed by atoms with E-state index in [4.69, 9.17) is 0 Å². The van der Waals surface area contributed by atoms with Crippen LogP contribution in [0.4, 0.5) is 4.79 Å². The van der Waals surface area contributed by atoms with Gasteiger partial charge < -0.3 is 10.2 Å². The van der Waals surface area contributed by atoms with Gasteiger partial charge in [0.25, 0.3) is 5.91 Å². The molecule has 3 atom stereocenters. The van der Waals surface area contributed by atoms with Gasteiger partial charge in [-0.05, 0) is 39.0 Å². The third kappa shape index (κ3) is 4.15. The number of aromatic nitrogens is 2. The summed E-state index contributed by atoms with van der Waals surface area (Å²) in [5.41, 5.74) is 1.54. The molecule has 2 aliphatic heterocycles. The Morgan fingerprint density at radius 1 is 1.24 bits per heavy atom. The van der Waals surface area contributed by atoms with Gasteiger partial charge in [-0.2, -0.15) is 5.10 Å². The zero-order chi connectivity index (χ0) is 24.1. The van der Waals surface area contributed by atoms with Crippen molar-refractivity contribution in [2.75, 3.05) is 25.1 Å². The molecule has 0 bridgehead atoms. The first-order chi connectivity index (χ1) is 15.4. The molecule has 1 N–H and O–H groups in total. The van der Waals surface area contributed by atoms with E-state index in [1.165, 1.54) is 4.90 Å². The number of likely N-dealkylation sites (N-methyl/N-ethyl adjacent to an activating group) is 1. The lowest BCUT2D eigenvalue weighted by Crippen LogP contribution is -2.54. The molecule has 33 heavy (non-hydrogen) atoms. The number of imide groups is 1. The minimum atomic E-state index is -3.04. The zero-order valence-electron chi connectivity index (χ0n) is 19.8. The predicted molar refractivity (Wildman–Crippen MR) is 121 cm³/mol. The lowest BCUT2D eigenvalue weighted by Gasteiger charge is -2.36. The highest BCUT2D eigenvalue weighted by Crippen LogP contribution is 2.38. The number of nitrogens with one attached hydrogen (secondary N) is 1. The van der Waals surface area contributed by atoms with Crippen molar-refractivity contribution < 1.29 is 22.8 Å². The third-order valence-corrected chi connectivity index (χ3v) is 9.40. The summed E-state index contributed by atoms with van der Waals surface area (Å²) in [7, 11) is -1.41. The molecular weight excluding hydrogens is 446 g/mol. The number of aryl methyl sites for hydroxylation is 1. The number of urea groups is 1. The standard InChI is InChI=1S/C22H33N5O5S/c1-14-7-5-6-9-22(14)20(29)26(21(30)23-22)12-19(28)25(4)11-18-15(2)24-27(16(18)3)17-8-10-33(31,32)13-17/h14,17H,5-13H2,1-4H3,(H,23,30)/t14-,17+,22+/m0/s1. The molecule has 1 aromatic rings. The fraction of sp³-hybridized carbons (Fsp3) is 0.727. The summed E-state index contributed by atoms with van der Waals surface area (Å²) in [6.45, 7) is 5.66. The van der Waals surface area contributed by atoms with E-state index in [-0.39, 0.29) is 48.4 Å². The largest absolute Gasteiger partial charge is 0.340 e. The van der Waals surface area contributed by atoms with Crippen LogP contribution in [-0.2, 0) is 26.0 Å². The van der Waals surface area contributed by atoms with Crippen molar-refractivity contribution in [3.8, 4) is 0 Å². The highest BCUT2D eigenvalue weighted by molar-refractivity contribution is 7.91. The van der Waals surface area contributed by atoms with Crippen LogP contribution in [0.3, 0.4) is 0 Å². The van der Waals surface area contributed by atoms with E-state index in [9.17, 15) is 22.8 Å². The summed E-state index contributed by atoms with van der Waals surface area (Å²) in [5.74, 6) is -0.361. The Bertz CT molecular complexity index is 1100. The van der Waals surface area contributed by atoms with Gasteiger partial charge in [0.1, 0.15) is 12.1 Å². The Morgan fingerprint density at radius 2 is 1.97 bits per heavy atom. The topological polar surface area (TPSA) is 122 Å². The van der Waals surface area contributed by atoms with Crippen molar-refractivity contribution in [3.05, 3.63) is 17.0 Å².